The van der Waals surface area contributed by atoms with Crippen molar-refractivity contribution in [3.05, 3.63) is 59.2 Å². The molecule has 24 heavy (non-hydrogen) atoms. The van der Waals surface area contributed by atoms with Gasteiger partial charge in [-0.2, -0.15) is 0 Å². The molecule has 2 rings (SSSR count). The maximum absolute atomic E-state index is 12.2. The lowest BCUT2D eigenvalue weighted by molar-refractivity contribution is -0.120. The molecule has 0 aromatic heterocycles. The zero-order valence-corrected chi connectivity index (χ0v) is 14.2. The molecule has 5 nitrogen and oxygen atoms in total. The van der Waals surface area contributed by atoms with E-state index in [0.29, 0.717) is 6.54 Å². The van der Waals surface area contributed by atoms with E-state index in [1.54, 1.807) is 7.11 Å². The van der Waals surface area contributed by atoms with Gasteiger partial charge in [-0.25, -0.2) is 0 Å². The Labute approximate surface area is 142 Å². The van der Waals surface area contributed by atoms with Crippen LogP contribution in [0.15, 0.2) is 42.5 Å². The second kappa shape index (κ2) is 8.15. The van der Waals surface area contributed by atoms with Gasteiger partial charge in [0.05, 0.1) is 13.5 Å². The third-order valence-corrected chi connectivity index (χ3v) is 3.55. The maximum Gasteiger partial charge on any atom is 0.224 e. The van der Waals surface area contributed by atoms with E-state index < -0.39 is 0 Å². The second-order valence-electron chi connectivity index (χ2n) is 5.65. The van der Waals surface area contributed by atoms with Crippen LogP contribution in [-0.2, 0) is 22.6 Å². The molecule has 0 aliphatic rings. The van der Waals surface area contributed by atoms with Crippen molar-refractivity contribution in [3.8, 4) is 5.75 Å². The number of rotatable bonds is 6. The van der Waals surface area contributed by atoms with Gasteiger partial charge in [0, 0.05) is 24.7 Å². The number of hydrogen-bond donors (Lipinski definition) is 2. The normalized spacial score (nSPS) is 10.1. The minimum Gasteiger partial charge on any atom is -0.496 e. The Kier molecular flexibility index (Phi) is 5.95. The molecule has 0 radical (unpaired) electrons. The first-order chi connectivity index (χ1) is 11.5. The zero-order valence-electron chi connectivity index (χ0n) is 14.2. The maximum atomic E-state index is 12.2. The number of aryl methyl sites for hydroxylation is 1. The van der Waals surface area contributed by atoms with E-state index in [2.05, 4.69) is 10.6 Å². The summed E-state index contributed by atoms with van der Waals surface area (Å²) in [5.74, 6) is 0.545. The van der Waals surface area contributed by atoms with Gasteiger partial charge >= 0.3 is 0 Å². The molecule has 2 aromatic rings. The van der Waals surface area contributed by atoms with E-state index in [1.807, 2.05) is 49.4 Å². The fraction of sp³-hybridized carbons (Fsp3) is 0.263. The fourth-order valence-electron chi connectivity index (χ4n) is 2.39. The molecule has 0 saturated heterocycles. The minimum atomic E-state index is -0.108. The summed E-state index contributed by atoms with van der Waals surface area (Å²) in [6, 6.07) is 13.2. The quantitative estimate of drug-likeness (QED) is 0.858. The fourth-order valence-corrected chi connectivity index (χ4v) is 2.39. The Morgan fingerprint density at radius 2 is 1.79 bits per heavy atom. The van der Waals surface area contributed by atoms with Crippen LogP contribution in [0.2, 0.25) is 0 Å². The molecule has 0 atom stereocenters. The molecule has 0 saturated carbocycles. The molecule has 0 aliphatic heterocycles. The van der Waals surface area contributed by atoms with Crippen LogP contribution < -0.4 is 15.4 Å². The Hall–Kier alpha value is -2.82. The lowest BCUT2D eigenvalue weighted by atomic mass is 10.1. The van der Waals surface area contributed by atoms with Crippen molar-refractivity contribution in [2.24, 2.45) is 0 Å². The van der Waals surface area contributed by atoms with E-state index in [4.69, 9.17) is 4.74 Å². The average Bonchev–Trinajstić information content (AvgIpc) is 2.54. The Bertz CT molecular complexity index is 724. The number of benzene rings is 2. The SMILES string of the molecule is COc1ccc(C)cc1CC(=O)NCc1ccc(NC(C)=O)cc1. The minimum absolute atomic E-state index is 0.0650. The highest BCUT2D eigenvalue weighted by atomic mass is 16.5. The highest BCUT2D eigenvalue weighted by Crippen LogP contribution is 2.20. The van der Waals surface area contributed by atoms with Crippen LogP contribution >= 0.6 is 0 Å². The lowest BCUT2D eigenvalue weighted by Gasteiger charge is -2.10. The molecule has 0 unspecified atom stereocenters. The van der Waals surface area contributed by atoms with E-state index in [9.17, 15) is 9.59 Å². The Balaban J connectivity index is 1.91. The molecule has 0 spiro atoms. The lowest BCUT2D eigenvalue weighted by Crippen LogP contribution is -2.24. The van der Waals surface area contributed by atoms with Crippen molar-refractivity contribution in [1.82, 2.24) is 5.32 Å². The van der Waals surface area contributed by atoms with Crippen LogP contribution in [0.5, 0.6) is 5.75 Å². The molecule has 2 aromatic carbocycles. The molecule has 0 aliphatic carbocycles. The summed E-state index contributed by atoms with van der Waals surface area (Å²) in [6.45, 7) is 3.89. The standard InChI is InChI=1S/C19H22N2O3/c1-13-4-9-18(24-3)16(10-13)11-19(23)20-12-15-5-7-17(8-6-15)21-14(2)22/h4-10H,11-12H2,1-3H3,(H,20,23)(H,21,22). The predicted molar refractivity (Wildman–Crippen MR) is 94.0 cm³/mol. The van der Waals surface area contributed by atoms with Crippen molar-refractivity contribution in [2.45, 2.75) is 26.8 Å². The average molecular weight is 326 g/mol. The highest BCUT2D eigenvalue weighted by Gasteiger charge is 2.09. The molecule has 5 heteroatoms. The van der Waals surface area contributed by atoms with E-state index in [-0.39, 0.29) is 18.2 Å². The summed E-state index contributed by atoms with van der Waals surface area (Å²) < 4.78 is 5.29. The van der Waals surface area contributed by atoms with Gasteiger partial charge in [0.1, 0.15) is 5.75 Å². The van der Waals surface area contributed by atoms with Crippen molar-refractivity contribution in [2.75, 3.05) is 12.4 Å². The molecular weight excluding hydrogens is 304 g/mol. The molecular formula is C19H22N2O3. The predicted octanol–water partition coefficient (Wildman–Crippen LogP) is 2.82. The number of amides is 2. The molecule has 0 heterocycles. The summed E-state index contributed by atoms with van der Waals surface area (Å²) in [5.41, 5.74) is 3.67. The number of methoxy groups -OCH3 is 1. The summed E-state index contributed by atoms with van der Waals surface area (Å²) >= 11 is 0. The summed E-state index contributed by atoms with van der Waals surface area (Å²) in [7, 11) is 1.60. The number of anilines is 1. The van der Waals surface area contributed by atoms with Crippen LogP contribution in [0, 0.1) is 6.92 Å². The highest BCUT2D eigenvalue weighted by molar-refractivity contribution is 5.88. The summed E-state index contributed by atoms with van der Waals surface area (Å²) in [6.07, 6.45) is 0.273. The van der Waals surface area contributed by atoms with Gasteiger partial charge in [-0.05, 0) is 30.7 Å². The molecule has 0 fully saturated rings. The van der Waals surface area contributed by atoms with Crippen LogP contribution in [0.3, 0.4) is 0 Å². The molecule has 126 valence electrons. The summed E-state index contributed by atoms with van der Waals surface area (Å²) in [5, 5.41) is 5.60. The number of carbonyl (C=O) groups is 2. The third kappa shape index (κ3) is 5.12. The molecule has 0 bridgehead atoms. The van der Waals surface area contributed by atoms with Gasteiger partial charge in [-0.3, -0.25) is 9.59 Å². The second-order valence-corrected chi connectivity index (χ2v) is 5.65. The van der Waals surface area contributed by atoms with Gasteiger partial charge in [0.2, 0.25) is 11.8 Å². The number of ether oxygens (including phenoxy) is 1. The van der Waals surface area contributed by atoms with Gasteiger partial charge < -0.3 is 15.4 Å². The van der Waals surface area contributed by atoms with Crippen molar-refractivity contribution in [1.29, 1.82) is 0 Å². The van der Waals surface area contributed by atoms with Crippen LogP contribution in [0.1, 0.15) is 23.6 Å². The first kappa shape index (κ1) is 17.5. The van der Waals surface area contributed by atoms with Crippen LogP contribution in [-0.4, -0.2) is 18.9 Å². The number of carbonyl (C=O) groups excluding carboxylic acids is 2. The topological polar surface area (TPSA) is 67.4 Å². The zero-order chi connectivity index (χ0) is 17.5. The Morgan fingerprint density at radius 3 is 2.42 bits per heavy atom. The van der Waals surface area contributed by atoms with E-state index >= 15 is 0 Å². The first-order valence-electron chi connectivity index (χ1n) is 7.74. The van der Waals surface area contributed by atoms with Gasteiger partial charge in [-0.15, -0.1) is 0 Å². The van der Waals surface area contributed by atoms with E-state index in [1.165, 1.54) is 6.92 Å². The number of hydrogen-bond acceptors (Lipinski definition) is 3. The van der Waals surface area contributed by atoms with Crippen molar-refractivity contribution in [3.63, 3.8) is 0 Å². The van der Waals surface area contributed by atoms with Gasteiger partial charge in [0.25, 0.3) is 0 Å². The van der Waals surface area contributed by atoms with Gasteiger partial charge in [0.15, 0.2) is 0 Å². The van der Waals surface area contributed by atoms with E-state index in [0.717, 1.165) is 28.1 Å². The van der Waals surface area contributed by atoms with Crippen molar-refractivity contribution >= 4 is 17.5 Å². The first-order valence-corrected chi connectivity index (χ1v) is 7.74. The van der Waals surface area contributed by atoms with Gasteiger partial charge in [-0.1, -0.05) is 29.8 Å². The Morgan fingerprint density at radius 1 is 1.08 bits per heavy atom. The molecule has 2 amide bonds. The van der Waals surface area contributed by atoms with Crippen LogP contribution in [0.25, 0.3) is 0 Å². The monoisotopic (exact) mass is 326 g/mol. The smallest absolute Gasteiger partial charge is 0.224 e. The number of nitrogens with one attached hydrogen (secondary N) is 2. The third-order valence-electron chi connectivity index (χ3n) is 3.55. The summed E-state index contributed by atoms with van der Waals surface area (Å²) in [4.78, 5) is 23.1. The largest absolute Gasteiger partial charge is 0.496 e. The van der Waals surface area contributed by atoms with Crippen molar-refractivity contribution < 1.29 is 14.3 Å². The molecule has 2 N–H and O–H groups in total. The van der Waals surface area contributed by atoms with Crippen LogP contribution in [0.4, 0.5) is 5.69 Å².